The van der Waals surface area contributed by atoms with Crippen molar-refractivity contribution in [2.45, 2.75) is 32.0 Å². The highest BCUT2D eigenvalue weighted by atomic mass is 19.4. The number of hydrogen-bond donors (Lipinski definition) is 0. The lowest BCUT2D eigenvalue weighted by Crippen LogP contribution is -2.31. The highest BCUT2D eigenvalue weighted by molar-refractivity contribution is 5.71. The van der Waals surface area contributed by atoms with Crippen molar-refractivity contribution >= 4 is 6.09 Å². The molecule has 1 aliphatic rings. The molecule has 5 nitrogen and oxygen atoms in total. The molecule has 2 heterocycles. The topological polar surface area (TPSA) is 47.4 Å². The van der Waals surface area contributed by atoms with Crippen LogP contribution < -0.4 is 0 Å². The van der Waals surface area contributed by atoms with Gasteiger partial charge in [0.05, 0.1) is 23.0 Å². The van der Waals surface area contributed by atoms with Crippen LogP contribution in [0.25, 0.3) is 16.9 Å². The third-order valence-electron chi connectivity index (χ3n) is 5.57. The standard InChI is InChI=1S/C23H22F3N3O2/c1-3-15-13-29(18-7-5-4-6-8-18)27-21(15)20-10-9-17(23(24,25)26)11-16(20)12-19-14-31-22(30)28(19)2/h4-11,13,19H,3,12,14H2,1-2H3. The summed E-state index contributed by atoms with van der Waals surface area (Å²) in [7, 11) is 1.59. The first kappa shape index (κ1) is 21.0. The Morgan fingerprint density at radius 1 is 1.13 bits per heavy atom. The predicted molar refractivity (Wildman–Crippen MR) is 110 cm³/mol. The second-order valence-electron chi connectivity index (χ2n) is 7.55. The second kappa shape index (κ2) is 8.09. The van der Waals surface area contributed by atoms with Gasteiger partial charge in [0.25, 0.3) is 0 Å². The molecule has 1 atom stereocenters. The van der Waals surface area contributed by atoms with Crippen molar-refractivity contribution in [2.75, 3.05) is 13.7 Å². The van der Waals surface area contributed by atoms with E-state index in [1.165, 1.54) is 11.0 Å². The van der Waals surface area contributed by atoms with E-state index in [0.29, 0.717) is 23.2 Å². The van der Waals surface area contributed by atoms with Crippen LogP contribution in [0, 0.1) is 0 Å². The number of ether oxygens (including phenoxy) is 1. The number of halogens is 3. The van der Waals surface area contributed by atoms with Crippen LogP contribution in [0.2, 0.25) is 0 Å². The number of para-hydroxylation sites is 1. The summed E-state index contributed by atoms with van der Waals surface area (Å²) in [5.41, 5.74) is 2.83. The Morgan fingerprint density at radius 2 is 1.87 bits per heavy atom. The minimum absolute atomic E-state index is 0.143. The molecule has 31 heavy (non-hydrogen) atoms. The summed E-state index contributed by atoms with van der Waals surface area (Å²) in [4.78, 5) is 13.1. The van der Waals surface area contributed by atoms with Crippen LogP contribution in [0.3, 0.4) is 0 Å². The second-order valence-corrected chi connectivity index (χ2v) is 7.55. The van der Waals surface area contributed by atoms with Crippen molar-refractivity contribution < 1.29 is 22.7 Å². The Bertz CT molecular complexity index is 1090. The fourth-order valence-electron chi connectivity index (χ4n) is 3.76. The SMILES string of the molecule is CCc1cn(-c2ccccc2)nc1-c1ccc(C(F)(F)F)cc1CC1COC(=O)N1C. The smallest absolute Gasteiger partial charge is 0.416 e. The molecule has 0 aliphatic carbocycles. The number of benzene rings is 2. The number of aromatic nitrogens is 2. The van der Waals surface area contributed by atoms with Gasteiger partial charge in [0.2, 0.25) is 0 Å². The van der Waals surface area contributed by atoms with Gasteiger partial charge in [-0.3, -0.25) is 0 Å². The summed E-state index contributed by atoms with van der Waals surface area (Å²) in [5.74, 6) is 0. The molecule has 0 radical (unpaired) electrons. The number of carbonyl (C=O) groups excluding carboxylic acids is 1. The van der Waals surface area contributed by atoms with E-state index in [0.717, 1.165) is 23.4 Å². The number of rotatable bonds is 5. The molecule has 0 bridgehead atoms. The monoisotopic (exact) mass is 429 g/mol. The molecular formula is C23H22F3N3O2. The van der Waals surface area contributed by atoms with Crippen molar-refractivity contribution in [2.24, 2.45) is 0 Å². The average Bonchev–Trinajstić information content (AvgIpc) is 3.32. The Hall–Kier alpha value is -3.29. The first-order valence-electron chi connectivity index (χ1n) is 10.0. The maximum atomic E-state index is 13.4. The lowest BCUT2D eigenvalue weighted by molar-refractivity contribution is -0.137. The summed E-state index contributed by atoms with van der Waals surface area (Å²) < 4.78 is 47.0. The Morgan fingerprint density at radius 3 is 2.48 bits per heavy atom. The van der Waals surface area contributed by atoms with Crippen molar-refractivity contribution in [1.82, 2.24) is 14.7 Å². The highest BCUT2D eigenvalue weighted by Gasteiger charge is 2.34. The third-order valence-corrected chi connectivity index (χ3v) is 5.57. The van der Waals surface area contributed by atoms with Crippen LogP contribution in [0.1, 0.15) is 23.6 Å². The lowest BCUT2D eigenvalue weighted by atomic mass is 9.94. The maximum Gasteiger partial charge on any atom is 0.416 e. The van der Waals surface area contributed by atoms with Gasteiger partial charge in [-0.15, -0.1) is 0 Å². The van der Waals surface area contributed by atoms with Crippen LogP contribution in [0.5, 0.6) is 0 Å². The molecule has 3 aromatic rings. The fourth-order valence-corrected chi connectivity index (χ4v) is 3.76. The van der Waals surface area contributed by atoms with Crippen LogP contribution in [0.4, 0.5) is 18.0 Å². The van der Waals surface area contributed by atoms with Crippen LogP contribution in [-0.4, -0.2) is 40.5 Å². The van der Waals surface area contributed by atoms with Gasteiger partial charge in [-0.2, -0.15) is 18.3 Å². The van der Waals surface area contributed by atoms with Gasteiger partial charge in [-0.1, -0.05) is 31.2 Å². The number of likely N-dealkylation sites (N-methyl/N-ethyl adjacent to an activating group) is 1. The lowest BCUT2D eigenvalue weighted by Gasteiger charge is -2.19. The molecule has 1 saturated heterocycles. The zero-order valence-electron chi connectivity index (χ0n) is 17.2. The summed E-state index contributed by atoms with van der Waals surface area (Å²) in [5, 5.41) is 4.71. The molecule has 4 rings (SSSR count). The van der Waals surface area contributed by atoms with Gasteiger partial charge in [-0.25, -0.2) is 9.48 Å². The molecule has 0 saturated carbocycles. The quantitative estimate of drug-likeness (QED) is 0.566. The van der Waals surface area contributed by atoms with Gasteiger partial charge in [-0.05, 0) is 48.2 Å². The number of carbonyl (C=O) groups is 1. The number of amides is 1. The number of aryl methyl sites for hydroxylation is 1. The van der Waals surface area contributed by atoms with Gasteiger partial charge in [0.15, 0.2) is 0 Å². The zero-order valence-corrected chi connectivity index (χ0v) is 17.2. The molecule has 162 valence electrons. The van der Waals surface area contributed by atoms with Crippen LogP contribution >= 0.6 is 0 Å². The Balaban J connectivity index is 1.80. The van der Waals surface area contributed by atoms with E-state index in [1.807, 2.05) is 43.5 Å². The normalized spacial score (nSPS) is 16.6. The molecule has 0 N–H and O–H groups in total. The third kappa shape index (κ3) is 4.15. The van der Waals surface area contributed by atoms with Crippen LogP contribution in [0.15, 0.2) is 54.7 Å². The number of cyclic esters (lactones) is 1. The number of hydrogen-bond acceptors (Lipinski definition) is 3. The maximum absolute atomic E-state index is 13.4. The Labute approximate surface area is 178 Å². The molecule has 1 aromatic heterocycles. The summed E-state index contributed by atoms with van der Waals surface area (Å²) in [6.45, 7) is 2.13. The van der Waals surface area contributed by atoms with E-state index < -0.39 is 17.8 Å². The highest BCUT2D eigenvalue weighted by Crippen LogP contribution is 2.35. The molecule has 1 amide bonds. The van der Waals surface area contributed by atoms with E-state index in [9.17, 15) is 18.0 Å². The molecule has 1 aliphatic heterocycles. The molecule has 1 fully saturated rings. The van der Waals surface area contributed by atoms with E-state index in [4.69, 9.17) is 9.84 Å². The van der Waals surface area contributed by atoms with Crippen LogP contribution in [-0.2, 0) is 23.8 Å². The van der Waals surface area contributed by atoms with E-state index >= 15 is 0 Å². The fraction of sp³-hybridized carbons (Fsp3) is 0.304. The van der Waals surface area contributed by atoms with Crippen molar-refractivity contribution in [3.05, 3.63) is 71.4 Å². The van der Waals surface area contributed by atoms with Gasteiger partial charge >= 0.3 is 12.3 Å². The van der Waals surface area contributed by atoms with E-state index in [2.05, 4.69) is 0 Å². The molecule has 2 aromatic carbocycles. The van der Waals surface area contributed by atoms with E-state index in [1.54, 1.807) is 11.7 Å². The first-order chi connectivity index (χ1) is 14.8. The predicted octanol–water partition coefficient (Wildman–Crippen LogP) is 5.11. The number of nitrogens with zero attached hydrogens (tertiary/aromatic N) is 3. The zero-order chi connectivity index (χ0) is 22.2. The van der Waals surface area contributed by atoms with Gasteiger partial charge in [0, 0.05) is 18.8 Å². The Kier molecular flexibility index (Phi) is 5.47. The molecule has 8 heteroatoms. The van der Waals surface area contributed by atoms with Crippen molar-refractivity contribution in [3.8, 4) is 16.9 Å². The number of alkyl halides is 3. The molecule has 1 unspecified atom stereocenters. The van der Waals surface area contributed by atoms with E-state index in [-0.39, 0.29) is 19.1 Å². The van der Waals surface area contributed by atoms with Gasteiger partial charge < -0.3 is 9.64 Å². The first-order valence-corrected chi connectivity index (χ1v) is 10.0. The molecule has 0 spiro atoms. The van der Waals surface area contributed by atoms with Gasteiger partial charge in [0.1, 0.15) is 6.61 Å². The minimum atomic E-state index is -4.46. The van der Waals surface area contributed by atoms with Crippen molar-refractivity contribution in [3.63, 3.8) is 0 Å². The summed E-state index contributed by atoms with van der Waals surface area (Å²) in [6.07, 6.45) is -2.12. The summed E-state index contributed by atoms with van der Waals surface area (Å²) in [6, 6.07) is 12.9. The minimum Gasteiger partial charge on any atom is -0.447 e. The largest absolute Gasteiger partial charge is 0.447 e. The van der Waals surface area contributed by atoms with Crippen molar-refractivity contribution in [1.29, 1.82) is 0 Å². The summed E-state index contributed by atoms with van der Waals surface area (Å²) >= 11 is 0. The average molecular weight is 429 g/mol. The molecular weight excluding hydrogens is 407 g/mol.